The van der Waals surface area contributed by atoms with Gasteiger partial charge in [0.15, 0.2) is 0 Å². The van der Waals surface area contributed by atoms with Crippen molar-refractivity contribution in [3.8, 4) is 0 Å². The molecule has 62 valence electrons. The van der Waals surface area contributed by atoms with E-state index in [2.05, 4.69) is 0 Å². The van der Waals surface area contributed by atoms with Crippen molar-refractivity contribution in [2.45, 2.75) is 24.5 Å². The molecule has 1 aliphatic rings. The molecule has 1 fully saturated rings. The van der Waals surface area contributed by atoms with Gasteiger partial charge in [0.1, 0.15) is 5.78 Å². The molecule has 11 heavy (non-hydrogen) atoms. The molecule has 0 aromatic rings. The van der Waals surface area contributed by atoms with Gasteiger partial charge in [0.05, 0.1) is 5.25 Å². The minimum atomic E-state index is -0.815. The molecule has 1 unspecified atom stereocenters. The highest BCUT2D eigenvalue weighted by molar-refractivity contribution is 8.01. The van der Waals surface area contributed by atoms with E-state index in [0.29, 0.717) is 12.8 Å². The number of carboxylic acids is 1. The lowest BCUT2D eigenvalue weighted by molar-refractivity contribution is -0.137. The Morgan fingerprint density at radius 2 is 2.45 bits per heavy atom. The van der Waals surface area contributed by atoms with Gasteiger partial charge in [0, 0.05) is 18.6 Å². The zero-order valence-electron chi connectivity index (χ0n) is 6.08. The van der Waals surface area contributed by atoms with Crippen molar-refractivity contribution in [1.82, 2.24) is 0 Å². The van der Waals surface area contributed by atoms with Gasteiger partial charge in [0.25, 0.3) is 0 Å². The summed E-state index contributed by atoms with van der Waals surface area (Å²) in [4.78, 5) is 21.1. The number of hydrogen-bond acceptors (Lipinski definition) is 3. The molecule has 0 amide bonds. The normalized spacial score (nSPS) is 24.0. The number of rotatable bonds is 3. The van der Waals surface area contributed by atoms with E-state index < -0.39 is 5.97 Å². The highest BCUT2D eigenvalue weighted by Gasteiger charge is 2.24. The molecular formula is C7H10O3S. The molecule has 1 saturated heterocycles. The van der Waals surface area contributed by atoms with Gasteiger partial charge >= 0.3 is 5.97 Å². The fourth-order valence-corrected chi connectivity index (χ4v) is 2.25. The Kier molecular flexibility index (Phi) is 2.93. The Balaban J connectivity index is 2.26. The second-order valence-corrected chi connectivity index (χ2v) is 3.82. The average molecular weight is 174 g/mol. The largest absolute Gasteiger partial charge is 0.481 e. The smallest absolute Gasteiger partial charge is 0.303 e. The highest BCUT2D eigenvalue weighted by atomic mass is 32.2. The first-order chi connectivity index (χ1) is 5.20. The van der Waals surface area contributed by atoms with E-state index in [1.54, 1.807) is 11.8 Å². The summed E-state index contributed by atoms with van der Waals surface area (Å²) in [5.41, 5.74) is 0. The van der Waals surface area contributed by atoms with Gasteiger partial charge in [0.2, 0.25) is 0 Å². The summed E-state index contributed by atoms with van der Waals surface area (Å²) in [6.45, 7) is 0. The number of carboxylic acid groups (broad SMARTS) is 1. The lowest BCUT2D eigenvalue weighted by Crippen LogP contribution is -2.12. The van der Waals surface area contributed by atoms with Crippen LogP contribution in [-0.4, -0.2) is 27.9 Å². The van der Waals surface area contributed by atoms with Gasteiger partial charge < -0.3 is 5.11 Å². The van der Waals surface area contributed by atoms with Crippen LogP contribution >= 0.6 is 11.8 Å². The van der Waals surface area contributed by atoms with Crippen LogP contribution in [0.3, 0.4) is 0 Å². The molecule has 0 bridgehead atoms. The fraction of sp³-hybridized carbons (Fsp3) is 0.714. The molecule has 0 spiro atoms. The van der Waals surface area contributed by atoms with Crippen LogP contribution in [0.25, 0.3) is 0 Å². The first-order valence-corrected chi connectivity index (χ1v) is 4.61. The van der Waals surface area contributed by atoms with Crippen molar-refractivity contribution in [3.05, 3.63) is 0 Å². The van der Waals surface area contributed by atoms with E-state index >= 15 is 0 Å². The maximum atomic E-state index is 11.0. The van der Waals surface area contributed by atoms with Crippen molar-refractivity contribution < 1.29 is 14.7 Å². The maximum Gasteiger partial charge on any atom is 0.303 e. The maximum absolute atomic E-state index is 11.0. The molecule has 4 heteroatoms. The van der Waals surface area contributed by atoms with Crippen molar-refractivity contribution in [3.63, 3.8) is 0 Å². The Hall–Kier alpha value is -0.510. The van der Waals surface area contributed by atoms with E-state index in [1.807, 2.05) is 0 Å². The molecule has 1 aliphatic heterocycles. The van der Waals surface area contributed by atoms with Gasteiger partial charge in [-0.05, 0) is 6.42 Å². The van der Waals surface area contributed by atoms with Crippen LogP contribution in [0.5, 0.6) is 0 Å². The third-order valence-electron chi connectivity index (χ3n) is 1.65. The second-order valence-electron chi connectivity index (χ2n) is 2.51. The zero-order valence-corrected chi connectivity index (χ0v) is 6.89. The van der Waals surface area contributed by atoms with Crippen LogP contribution < -0.4 is 0 Å². The van der Waals surface area contributed by atoms with E-state index in [-0.39, 0.29) is 17.5 Å². The number of carbonyl (C=O) groups excluding carboxylic acids is 1. The van der Waals surface area contributed by atoms with Gasteiger partial charge in [-0.25, -0.2) is 0 Å². The number of aliphatic carboxylic acids is 1. The zero-order chi connectivity index (χ0) is 8.27. The Bertz CT molecular complexity index is 179. The summed E-state index contributed by atoms with van der Waals surface area (Å²) in [6, 6.07) is 0. The number of hydrogen-bond donors (Lipinski definition) is 1. The lowest BCUT2D eigenvalue weighted by Gasteiger charge is -2.02. The first kappa shape index (κ1) is 8.59. The quantitative estimate of drug-likeness (QED) is 0.691. The molecule has 3 nitrogen and oxygen atoms in total. The standard InChI is InChI=1S/C7H10O3S/c8-5-3-4-11-6(5)1-2-7(9)10/h6H,1-4H2,(H,9,10). The van der Waals surface area contributed by atoms with Crippen LogP contribution in [0.1, 0.15) is 19.3 Å². The number of ketones is 1. The summed E-state index contributed by atoms with van der Waals surface area (Å²) in [5.74, 6) is 0.268. The van der Waals surface area contributed by atoms with Crippen LogP contribution in [-0.2, 0) is 9.59 Å². The second kappa shape index (κ2) is 3.76. The summed E-state index contributed by atoms with van der Waals surface area (Å²) < 4.78 is 0. The van der Waals surface area contributed by atoms with Crippen molar-refractivity contribution in [2.75, 3.05) is 5.75 Å². The van der Waals surface area contributed by atoms with E-state index in [4.69, 9.17) is 5.11 Å². The SMILES string of the molecule is O=C(O)CCC1SCCC1=O. The van der Waals surface area contributed by atoms with Crippen LogP contribution in [0, 0.1) is 0 Å². The van der Waals surface area contributed by atoms with E-state index in [0.717, 1.165) is 5.75 Å². The fourth-order valence-electron chi connectivity index (χ4n) is 1.05. The number of thioether (sulfide) groups is 1. The van der Waals surface area contributed by atoms with E-state index in [1.165, 1.54) is 0 Å². The summed E-state index contributed by atoms with van der Waals surface area (Å²) in [5, 5.41) is 8.30. The topological polar surface area (TPSA) is 54.4 Å². The first-order valence-electron chi connectivity index (χ1n) is 3.56. The summed E-state index contributed by atoms with van der Waals surface area (Å²) in [7, 11) is 0. The van der Waals surface area contributed by atoms with Crippen molar-refractivity contribution >= 4 is 23.5 Å². The highest BCUT2D eigenvalue weighted by Crippen LogP contribution is 2.26. The molecule has 0 aliphatic carbocycles. The predicted octanol–water partition coefficient (Wildman–Crippen LogP) is 0.926. The number of Topliss-reactive ketones (excluding diaryl/α,β-unsaturated/α-hetero) is 1. The van der Waals surface area contributed by atoms with Crippen molar-refractivity contribution in [1.29, 1.82) is 0 Å². The van der Waals surface area contributed by atoms with Crippen molar-refractivity contribution in [2.24, 2.45) is 0 Å². The molecule has 0 aromatic carbocycles. The molecule has 1 N–H and O–H groups in total. The molecule has 0 radical (unpaired) electrons. The molecule has 1 rings (SSSR count). The third kappa shape index (κ3) is 2.54. The van der Waals surface area contributed by atoms with Gasteiger partial charge in [-0.15, -0.1) is 0 Å². The Labute approximate surface area is 69.2 Å². The Morgan fingerprint density at radius 1 is 1.73 bits per heavy atom. The molecule has 1 heterocycles. The molecule has 0 saturated carbocycles. The summed E-state index contributed by atoms with van der Waals surface area (Å²) in [6.07, 6.45) is 1.23. The summed E-state index contributed by atoms with van der Waals surface area (Å²) >= 11 is 1.58. The molecule has 0 aromatic heterocycles. The van der Waals surface area contributed by atoms with Gasteiger partial charge in [-0.2, -0.15) is 11.8 Å². The third-order valence-corrected chi connectivity index (χ3v) is 2.99. The van der Waals surface area contributed by atoms with Crippen LogP contribution in [0.15, 0.2) is 0 Å². The average Bonchev–Trinajstić information content (AvgIpc) is 2.31. The van der Waals surface area contributed by atoms with E-state index in [9.17, 15) is 9.59 Å². The van der Waals surface area contributed by atoms with Gasteiger partial charge in [-0.1, -0.05) is 0 Å². The minimum Gasteiger partial charge on any atom is -0.481 e. The monoisotopic (exact) mass is 174 g/mol. The number of carbonyl (C=O) groups is 2. The minimum absolute atomic E-state index is 0.0360. The molecule has 1 atom stereocenters. The van der Waals surface area contributed by atoms with Gasteiger partial charge in [-0.3, -0.25) is 9.59 Å². The lowest BCUT2D eigenvalue weighted by atomic mass is 10.1. The van der Waals surface area contributed by atoms with Crippen LogP contribution in [0.4, 0.5) is 0 Å². The van der Waals surface area contributed by atoms with Crippen LogP contribution in [0.2, 0.25) is 0 Å². The molecular weight excluding hydrogens is 164 g/mol. The predicted molar refractivity (Wildman–Crippen MR) is 42.7 cm³/mol. The Morgan fingerprint density at radius 3 is 2.91 bits per heavy atom.